The molecule has 3 aromatic rings. The number of H-pyrrole nitrogens is 1. The number of nitrogens with zero attached hydrogens (tertiary/aromatic N) is 4. The Labute approximate surface area is 176 Å². The zero-order chi connectivity index (χ0) is 21.3. The van der Waals surface area contributed by atoms with Gasteiger partial charge in [0.1, 0.15) is 11.5 Å². The summed E-state index contributed by atoms with van der Waals surface area (Å²) in [7, 11) is 3.47. The van der Waals surface area contributed by atoms with Crippen LogP contribution in [0.3, 0.4) is 0 Å². The van der Waals surface area contributed by atoms with Gasteiger partial charge in [0, 0.05) is 49.9 Å². The number of pyridine rings is 2. The van der Waals surface area contributed by atoms with E-state index in [-0.39, 0.29) is 11.3 Å². The zero-order valence-corrected chi connectivity index (χ0v) is 18.0. The Morgan fingerprint density at radius 2 is 2.13 bits per heavy atom. The normalized spacial score (nSPS) is 14.8. The van der Waals surface area contributed by atoms with Crippen molar-refractivity contribution in [2.45, 2.75) is 39.7 Å². The van der Waals surface area contributed by atoms with E-state index in [0.717, 1.165) is 36.1 Å². The molecule has 3 heterocycles. The summed E-state index contributed by atoms with van der Waals surface area (Å²) in [5.41, 5.74) is 5.99. The summed E-state index contributed by atoms with van der Waals surface area (Å²) in [6.45, 7) is 5.15. The monoisotopic (exact) mass is 404 g/mol. The maximum absolute atomic E-state index is 12.7. The van der Waals surface area contributed by atoms with Gasteiger partial charge < -0.3 is 10.2 Å². The summed E-state index contributed by atoms with van der Waals surface area (Å²) in [6.07, 6.45) is 6.64. The second-order valence-electron chi connectivity index (χ2n) is 8.91. The van der Waals surface area contributed by atoms with Crippen LogP contribution in [0.15, 0.2) is 36.7 Å². The van der Waals surface area contributed by atoms with Gasteiger partial charge in [-0.05, 0) is 48.4 Å². The van der Waals surface area contributed by atoms with Gasteiger partial charge in [0.25, 0.3) is 5.91 Å². The molecule has 0 unspecified atom stereocenters. The minimum Gasteiger partial charge on any atom is -0.366 e. The number of nitrogens with one attached hydrogen (secondary N) is 2. The molecule has 4 rings (SSSR count). The second kappa shape index (κ2) is 7.89. The maximum atomic E-state index is 12.7. The van der Waals surface area contributed by atoms with Crippen molar-refractivity contribution in [2.24, 2.45) is 5.41 Å². The van der Waals surface area contributed by atoms with Crippen molar-refractivity contribution in [3.63, 3.8) is 0 Å². The highest BCUT2D eigenvalue weighted by molar-refractivity contribution is 5.93. The SMILES string of the molecule is CN(C)C(=O)c1cc(-c2n[nH]c3c2CCC(C)(C)C3)cc(NCc2cccnc2)n1. The average molecular weight is 405 g/mol. The van der Waals surface area contributed by atoms with Crippen molar-refractivity contribution in [1.82, 2.24) is 25.1 Å². The van der Waals surface area contributed by atoms with E-state index in [1.807, 2.05) is 30.5 Å². The summed E-state index contributed by atoms with van der Waals surface area (Å²) in [4.78, 5) is 22.9. The fourth-order valence-electron chi connectivity index (χ4n) is 3.88. The molecule has 0 aromatic carbocycles. The molecule has 0 spiro atoms. The molecule has 156 valence electrons. The zero-order valence-electron chi connectivity index (χ0n) is 18.0. The van der Waals surface area contributed by atoms with Gasteiger partial charge in [-0.15, -0.1) is 0 Å². The van der Waals surface area contributed by atoms with Crippen LogP contribution in [0.25, 0.3) is 11.3 Å². The van der Waals surface area contributed by atoms with Crippen LogP contribution in [-0.4, -0.2) is 45.1 Å². The van der Waals surface area contributed by atoms with Crippen LogP contribution in [0, 0.1) is 5.41 Å². The number of carbonyl (C=O) groups excluding carboxylic acids is 1. The van der Waals surface area contributed by atoms with E-state index in [1.165, 1.54) is 11.3 Å². The molecule has 0 radical (unpaired) electrons. The van der Waals surface area contributed by atoms with Gasteiger partial charge in [-0.3, -0.25) is 14.9 Å². The molecule has 0 fully saturated rings. The number of rotatable bonds is 5. The van der Waals surface area contributed by atoms with E-state index in [4.69, 9.17) is 0 Å². The van der Waals surface area contributed by atoms with Crippen molar-refractivity contribution >= 4 is 11.7 Å². The predicted molar refractivity (Wildman–Crippen MR) is 117 cm³/mol. The van der Waals surface area contributed by atoms with Crippen LogP contribution in [-0.2, 0) is 19.4 Å². The van der Waals surface area contributed by atoms with E-state index in [9.17, 15) is 4.79 Å². The molecule has 0 saturated carbocycles. The molecule has 30 heavy (non-hydrogen) atoms. The fraction of sp³-hybridized carbons (Fsp3) is 0.391. The molecule has 0 bridgehead atoms. The molecular weight excluding hydrogens is 376 g/mol. The molecule has 1 amide bonds. The summed E-state index contributed by atoms with van der Waals surface area (Å²) in [5, 5.41) is 11.2. The smallest absolute Gasteiger partial charge is 0.272 e. The number of aromatic nitrogens is 4. The van der Waals surface area contributed by atoms with Gasteiger partial charge >= 0.3 is 0 Å². The lowest BCUT2D eigenvalue weighted by molar-refractivity contribution is 0.0822. The lowest BCUT2D eigenvalue weighted by Gasteiger charge is -2.29. The number of carbonyl (C=O) groups is 1. The van der Waals surface area contributed by atoms with Crippen molar-refractivity contribution in [3.8, 4) is 11.3 Å². The highest BCUT2D eigenvalue weighted by Gasteiger charge is 2.29. The largest absolute Gasteiger partial charge is 0.366 e. The van der Waals surface area contributed by atoms with E-state index < -0.39 is 0 Å². The Morgan fingerprint density at radius 3 is 2.87 bits per heavy atom. The maximum Gasteiger partial charge on any atom is 0.272 e. The summed E-state index contributed by atoms with van der Waals surface area (Å²) < 4.78 is 0. The Hall–Kier alpha value is -3.22. The van der Waals surface area contributed by atoms with Gasteiger partial charge in [0.15, 0.2) is 0 Å². The Bertz CT molecular complexity index is 1050. The first-order valence-electron chi connectivity index (χ1n) is 10.3. The molecule has 7 heteroatoms. The van der Waals surface area contributed by atoms with Crippen LogP contribution in [0.1, 0.15) is 47.6 Å². The number of fused-ring (bicyclic) bond motifs is 1. The third kappa shape index (κ3) is 4.20. The van der Waals surface area contributed by atoms with Gasteiger partial charge in [-0.2, -0.15) is 5.10 Å². The number of anilines is 1. The topological polar surface area (TPSA) is 86.8 Å². The highest BCUT2D eigenvalue weighted by Crippen LogP contribution is 2.38. The van der Waals surface area contributed by atoms with Crippen LogP contribution in [0.2, 0.25) is 0 Å². The molecule has 0 atom stereocenters. The van der Waals surface area contributed by atoms with Gasteiger partial charge in [0.2, 0.25) is 0 Å². The molecule has 7 nitrogen and oxygen atoms in total. The molecule has 3 aromatic heterocycles. The molecule has 0 saturated heterocycles. The van der Waals surface area contributed by atoms with Crippen LogP contribution in [0.5, 0.6) is 0 Å². The first-order chi connectivity index (χ1) is 14.3. The van der Waals surface area contributed by atoms with E-state index in [1.54, 1.807) is 25.2 Å². The first kappa shape index (κ1) is 20.1. The molecule has 0 aliphatic heterocycles. The fourth-order valence-corrected chi connectivity index (χ4v) is 3.88. The minimum absolute atomic E-state index is 0.133. The molecule has 1 aliphatic rings. The van der Waals surface area contributed by atoms with E-state index in [2.05, 4.69) is 39.3 Å². The van der Waals surface area contributed by atoms with Gasteiger partial charge in [0.05, 0.1) is 5.69 Å². The standard InChI is InChI=1S/C23H28N6O/c1-23(2)8-7-17-19(12-23)27-28-21(17)16-10-18(22(30)29(3)4)26-20(11-16)25-14-15-6-5-9-24-13-15/h5-6,9-11,13H,7-8,12,14H2,1-4H3,(H,25,26)(H,27,28). The lowest BCUT2D eigenvalue weighted by Crippen LogP contribution is -2.23. The Kier molecular flexibility index (Phi) is 5.28. The summed E-state index contributed by atoms with van der Waals surface area (Å²) >= 11 is 0. The molecule has 1 aliphatic carbocycles. The van der Waals surface area contributed by atoms with Crippen LogP contribution >= 0.6 is 0 Å². The summed E-state index contributed by atoms with van der Waals surface area (Å²) in [5.74, 6) is 0.515. The van der Waals surface area contributed by atoms with Gasteiger partial charge in [-0.25, -0.2) is 4.98 Å². The number of hydrogen-bond acceptors (Lipinski definition) is 5. The van der Waals surface area contributed by atoms with Crippen LogP contribution < -0.4 is 5.32 Å². The van der Waals surface area contributed by atoms with Crippen LogP contribution in [0.4, 0.5) is 5.82 Å². The van der Waals surface area contributed by atoms with Crippen molar-refractivity contribution in [1.29, 1.82) is 0 Å². The Morgan fingerprint density at radius 1 is 1.30 bits per heavy atom. The van der Waals surface area contributed by atoms with E-state index in [0.29, 0.717) is 18.1 Å². The third-order valence-corrected chi connectivity index (χ3v) is 5.58. The summed E-state index contributed by atoms with van der Waals surface area (Å²) in [6, 6.07) is 7.72. The van der Waals surface area contributed by atoms with Gasteiger partial charge in [-0.1, -0.05) is 19.9 Å². The van der Waals surface area contributed by atoms with E-state index >= 15 is 0 Å². The van der Waals surface area contributed by atoms with Crippen molar-refractivity contribution < 1.29 is 4.79 Å². The number of aromatic amines is 1. The predicted octanol–water partition coefficient (Wildman–Crippen LogP) is 3.70. The minimum atomic E-state index is -0.133. The average Bonchev–Trinajstić information content (AvgIpc) is 3.14. The molecule has 2 N–H and O–H groups in total. The Balaban J connectivity index is 1.70. The number of amides is 1. The van der Waals surface area contributed by atoms with Crippen molar-refractivity contribution in [2.75, 3.05) is 19.4 Å². The highest BCUT2D eigenvalue weighted by atomic mass is 16.2. The second-order valence-corrected chi connectivity index (χ2v) is 8.91. The third-order valence-electron chi connectivity index (χ3n) is 5.58. The molecular formula is C23H28N6O. The number of hydrogen-bond donors (Lipinski definition) is 2. The van der Waals surface area contributed by atoms with Crippen molar-refractivity contribution in [3.05, 3.63) is 59.2 Å². The first-order valence-corrected chi connectivity index (χ1v) is 10.3. The lowest BCUT2D eigenvalue weighted by atomic mass is 9.76. The quantitative estimate of drug-likeness (QED) is 0.677.